The minimum Gasteiger partial charge on any atom is -0.456 e. The van der Waals surface area contributed by atoms with Gasteiger partial charge in [0.15, 0.2) is 5.16 Å². The number of hydrogen-bond donors (Lipinski definition) is 2. The molecular formula is C24H24ClF3N4O2S. The van der Waals surface area contributed by atoms with Crippen LogP contribution in [-0.2, 0) is 10.9 Å². The third-order valence-corrected chi connectivity index (χ3v) is 6.38. The highest BCUT2D eigenvalue weighted by Gasteiger charge is 2.30. The Morgan fingerprint density at radius 2 is 2.09 bits per heavy atom. The highest BCUT2D eigenvalue weighted by atomic mass is 35.5. The van der Waals surface area contributed by atoms with Gasteiger partial charge in [-0.15, -0.1) is 0 Å². The molecule has 35 heavy (non-hydrogen) atoms. The largest absolute Gasteiger partial charge is 0.456 e. The number of thioether (sulfide) groups is 1. The van der Waals surface area contributed by atoms with Gasteiger partial charge >= 0.3 is 6.18 Å². The second kappa shape index (κ2) is 11.9. The van der Waals surface area contributed by atoms with Crippen molar-refractivity contribution in [3.05, 3.63) is 65.3 Å². The Hall–Kier alpha value is -2.53. The number of halogens is 4. The number of aromatic nitrogens is 2. The first kappa shape index (κ1) is 25.6. The molecule has 0 spiro atoms. The van der Waals surface area contributed by atoms with Crippen LogP contribution < -0.4 is 15.4 Å². The Labute approximate surface area is 210 Å². The molecule has 11 heteroatoms. The zero-order valence-corrected chi connectivity index (χ0v) is 20.2. The zero-order valence-electron chi connectivity index (χ0n) is 18.6. The highest BCUT2D eigenvalue weighted by molar-refractivity contribution is 7.99. The Morgan fingerprint density at radius 1 is 1.20 bits per heavy atom. The summed E-state index contributed by atoms with van der Waals surface area (Å²) in [5, 5.41) is 7.40. The van der Waals surface area contributed by atoms with Crippen LogP contribution in [0.5, 0.6) is 11.5 Å². The van der Waals surface area contributed by atoms with Crippen molar-refractivity contribution in [2.24, 2.45) is 0 Å². The average Bonchev–Trinajstić information content (AvgIpc) is 2.84. The van der Waals surface area contributed by atoms with Gasteiger partial charge in [0, 0.05) is 30.7 Å². The summed E-state index contributed by atoms with van der Waals surface area (Å²) in [6.07, 6.45) is -0.513. The van der Waals surface area contributed by atoms with Crippen LogP contribution in [-0.4, -0.2) is 41.5 Å². The van der Waals surface area contributed by atoms with Crippen LogP contribution in [0.2, 0.25) is 5.02 Å². The number of rotatable bonds is 9. The number of morpholine rings is 1. The number of benzene rings is 2. The minimum atomic E-state index is -4.45. The van der Waals surface area contributed by atoms with Gasteiger partial charge in [0.25, 0.3) is 0 Å². The maximum atomic E-state index is 12.9. The molecule has 0 amide bonds. The number of nitrogens with one attached hydrogen (secondary N) is 2. The number of alkyl halides is 3. The normalized spacial score (nSPS) is 16.2. The van der Waals surface area contributed by atoms with E-state index in [4.69, 9.17) is 21.1 Å². The quantitative estimate of drug-likeness (QED) is 0.187. The second-order valence-corrected chi connectivity index (χ2v) is 9.28. The molecule has 186 valence electrons. The number of anilines is 2. The maximum Gasteiger partial charge on any atom is 0.416 e. The lowest BCUT2D eigenvalue weighted by Crippen LogP contribution is -2.38. The summed E-state index contributed by atoms with van der Waals surface area (Å²) in [5.41, 5.74) is -0.135. The van der Waals surface area contributed by atoms with Gasteiger partial charge in [-0.05, 0) is 55.3 Å². The van der Waals surface area contributed by atoms with Gasteiger partial charge in [0.1, 0.15) is 17.3 Å². The first-order chi connectivity index (χ1) is 16.9. The van der Waals surface area contributed by atoms with Crippen molar-refractivity contribution in [1.29, 1.82) is 0 Å². The Balaban J connectivity index is 1.32. The molecule has 0 bridgehead atoms. The van der Waals surface area contributed by atoms with Gasteiger partial charge in [0.05, 0.1) is 23.3 Å². The minimum absolute atomic E-state index is 0.0474. The molecule has 1 aromatic heterocycles. The average molecular weight is 525 g/mol. The zero-order chi connectivity index (χ0) is 24.7. The molecule has 6 nitrogen and oxygen atoms in total. The summed E-state index contributed by atoms with van der Waals surface area (Å²) < 4.78 is 50.1. The van der Waals surface area contributed by atoms with Crippen LogP contribution in [0.4, 0.5) is 24.7 Å². The van der Waals surface area contributed by atoms with Crippen molar-refractivity contribution in [2.45, 2.75) is 30.3 Å². The number of ether oxygens (including phenoxy) is 2. The fourth-order valence-corrected chi connectivity index (χ4v) is 4.44. The topological polar surface area (TPSA) is 68.3 Å². The van der Waals surface area contributed by atoms with Gasteiger partial charge in [0.2, 0.25) is 0 Å². The van der Waals surface area contributed by atoms with E-state index < -0.39 is 11.7 Å². The first-order valence-corrected chi connectivity index (χ1v) is 12.4. The lowest BCUT2D eigenvalue weighted by molar-refractivity contribution is -0.137. The molecule has 1 unspecified atom stereocenters. The lowest BCUT2D eigenvalue weighted by atomic mass is 10.2. The van der Waals surface area contributed by atoms with Crippen LogP contribution in [0.1, 0.15) is 18.4 Å². The fourth-order valence-electron chi connectivity index (χ4n) is 3.43. The van der Waals surface area contributed by atoms with E-state index in [2.05, 4.69) is 20.6 Å². The number of nitrogens with zero attached hydrogens (tertiary/aromatic N) is 2. The smallest absolute Gasteiger partial charge is 0.416 e. The van der Waals surface area contributed by atoms with E-state index in [1.54, 1.807) is 42.2 Å². The van der Waals surface area contributed by atoms with Crippen molar-refractivity contribution in [3.63, 3.8) is 0 Å². The molecule has 2 aromatic carbocycles. The summed E-state index contributed by atoms with van der Waals surface area (Å²) in [5.74, 6) is 1.78. The summed E-state index contributed by atoms with van der Waals surface area (Å²) in [4.78, 5) is 8.83. The van der Waals surface area contributed by atoms with E-state index in [1.807, 2.05) is 0 Å². The molecular weight excluding hydrogens is 501 g/mol. The fraction of sp³-hybridized carbons (Fsp3) is 0.333. The molecule has 1 aliphatic heterocycles. The van der Waals surface area contributed by atoms with Crippen molar-refractivity contribution >= 4 is 34.9 Å². The molecule has 1 atom stereocenters. The van der Waals surface area contributed by atoms with Gasteiger partial charge in [-0.1, -0.05) is 29.4 Å². The summed E-state index contributed by atoms with van der Waals surface area (Å²) in [6.45, 7) is 2.57. The van der Waals surface area contributed by atoms with E-state index >= 15 is 0 Å². The molecule has 4 rings (SSSR count). The van der Waals surface area contributed by atoms with E-state index in [0.717, 1.165) is 50.4 Å². The molecule has 0 saturated carbocycles. The van der Waals surface area contributed by atoms with Gasteiger partial charge in [-0.3, -0.25) is 0 Å². The summed E-state index contributed by atoms with van der Waals surface area (Å²) in [7, 11) is 0. The Bertz CT molecular complexity index is 1130. The van der Waals surface area contributed by atoms with Gasteiger partial charge in [-0.25, -0.2) is 9.97 Å². The predicted molar refractivity (Wildman–Crippen MR) is 131 cm³/mol. The van der Waals surface area contributed by atoms with Crippen LogP contribution in [0, 0.1) is 0 Å². The van der Waals surface area contributed by atoms with Crippen molar-refractivity contribution in [1.82, 2.24) is 15.3 Å². The Kier molecular flexibility index (Phi) is 8.72. The molecule has 3 aromatic rings. The molecule has 1 saturated heterocycles. The third-order valence-electron chi connectivity index (χ3n) is 5.13. The van der Waals surface area contributed by atoms with Crippen LogP contribution >= 0.6 is 23.4 Å². The van der Waals surface area contributed by atoms with Crippen LogP contribution in [0.15, 0.2) is 59.9 Å². The maximum absolute atomic E-state index is 12.9. The molecule has 2 N–H and O–H groups in total. The molecule has 2 heterocycles. The molecule has 0 radical (unpaired) electrons. The van der Waals surface area contributed by atoms with E-state index in [0.29, 0.717) is 16.7 Å². The van der Waals surface area contributed by atoms with E-state index in [1.165, 1.54) is 12.1 Å². The van der Waals surface area contributed by atoms with Crippen molar-refractivity contribution < 1.29 is 22.6 Å². The van der Waals surface area contributed by atoms with E-state index in [9.17, 15) is 13.2 Å². The van der Waals surface area contributed by atoms with Crippen molar-refractivity contribution in [3.8, 4) is 11.5 Å². The predicted octanol–water partition coefficient (Wildman–Crippen LogP) is 6.55. The lowest BCUT2D eigenvalue weighted by Gasteiger charge is -2.23. The van der Waals surface area contributed by atoms with Crippen LogP contribution in [0.3, 0.4) is 0 Å². The van der Waals surface area contributed by atoms with Crippen LogP contribution in [0.25, 0.3) is 0 Å². The molecule has 1 fully saturated rings. The van der Waals surface area contributed by atoms with Gasteiger partial charge < -0.3 is 20.1 Å². The second-order valence-electron chi connectivity index (χ2n) is 7.81. The van der Waals surface area contributed by atoms with Crippen molar-refractivity contribution in [2.75, 3.05) is 30.8 Å². The third kappa shape index (κ3) is 7.73. The highest BCUT2D eigenvalue weighted by Crippen LogP contribution is 2.35. The molecule has 1 aliphatic rings. The number of hydrogen-bond acceptors (Lipinski definition) is 7. The Morgan fingerprint density at radius 3 is 2.86 bits per heavy atom. The van der Waals surface area contributed by atoms with E-state index in [-0.39, 0.29) is 22.6 Å². The summed E-state index contributed by atoms with van der Waals surface area (Å²) >= 11 is 7.90. The standard InChI is InChI=1S/C24H24ClF3N4O2S/c25-20-14-17(6-7-21(20)34-18-4-1-3-16(13-18)24(26,27)28)31-22-8-9-30-23(32-22)35-12-2-5-19-15-29-10-11-33-19/h1,3-4,6-9,13-14,19,29H,2,5,10-12,15H2,(H,30,31,32). The SMILES string of the molecule is FC(F)(F)c1cccc(Oc2ccc(Nc3ccnc(SCCCC4CNCCO4)n3)cc2Cl)c1. The first-order valence-electron chi connectivity index (χ1n) is 11.1. The van der Waals surface area contributed by atoms with Gasteiger partial charge in [-0.2, -0.15) is 13.2 Å². The summed E-state index contributed by atoms with van der Waals surface area (Å²) in [6, 6.07) is 11.3. The molecule has 0 aliphatic carbocycles. The monoisotopic (exact) mass is 524 g/mol.